The van der Waals surface area contributed by atoms with Crippen LogP contribution in [0.3, 0.4) is 0 Å². The lowest BCUT2D eigenvalue weighted by Crippen LogP contribution is -2.22. The van der Waals surface area contributed by atoms with E-state index in [1.807, 2.05) is 6.07 Å². The molecule has 0 aliphatic rings. The molecule has 0 aliphatic heterocycles. The van der Waals surface area contributed by atoms with E-state index < -0.39 is 10.0 Å². The second-order valence-electron chi connectivity index (χ2n) is 6.59. The van der Waals surface area contributed by atoms with Crippen molar-refractivity contribution in [1.29, 1.82) is 5.26 Å². The first kappa shape index (κ1) is 20.3. The van der Waals surface area contributed by atoms with E-state index >= 15 is 0 Å². The Morgan fingerprint density at radius 3 is 2.41 bits per heavy atom. The molecule has 0 heterocycles. The fraction of sp³-hybridized carbons (Fsp3) is 0.0909. The number of benzene rings is 3. The van der Waals surface area contributed by atoms with Crippen molar-refractivity contribution >= 4 is 15.9 Å². The quantitative estimate of drug-likeness (QED) is 0.679. The van der Waals surface area contributed by atoms with Crippen molar-refractivity contribution in [3.05, 3.63) is 89.0 Å². The van der Waals surface area contributed by atoms with E-state index in [2.05, 4.69) is 11.4 Å². The van der Waals surface area contributed by atoms with Crippen LogP contribution in [0.1, 0.15) is 27.0 Å². The topological polar surface area (TPSA) is 113 Å². The van der Waals surface area contributed by atoms with Crippen LogP contribution < -0.4 is 10.5 Å². The van der Waals surface area contributed by atoms with Crippen LogP contribution in [0.25, 0.3) is 11.1 Å². The van der Waals surface area contributed by atoms with Gasteiger partial charge in [0, 0.05) is 12.1 Å². The fourth-order valence-electron chi connectivity index (χ4n) is 2.95. The second-order valence-corrected chi connectivity index (χ2v) is 8.16. The van der Waals surface area contributed by atoms with Crippen LogP contribution in [0.2, 0.25) is 0 Å². The summed E-state index contributed by atoms with van der Waals surface area (Å²) in [6, 6.07) is 20.8. The summed E-state index contributed by atoms with van der Waals surface area (Å²) in [5, 5.41) is 16.9. The number of aryl methyl sites for hydroxylation is 1. The molecule has 0 spiro atoms. The highest BCUT2D eigenvalue weighted by molar-refractivity contribution is 7.89. The van der Waals surface area contributed by atoms with Gasteiger partial charge in [-0.2, -0.15) is 5.26 Å². The van der Waals surface area contributed by atoms with Crippen molar-refractivity contribution in [2.75, 3.05) is 0 Å². The van der Waals surface area contributed by atoms with E-state index in [0.717, 1.165) is 22.3 Å². The Balaban J connectivity index is 1.78. The maximum atomic E-state index is 12.5. The number of nitrogens with zero attached hydrogens (tertiary/aromatic N) is 1. The number of hydrogen-bond donors (Lipinski definition) is 2. The number of nitrogens with one attached hydrogen (secondary N) is 1. The molecular formula is C22H19N3O3S. The molecular weight excluding hydrogens is 386 g/mol. The van der Waals surface area contributed by atoms with Crippen molar-refractivity contribution < 1.29 is 13.2 Å². The minimum Gasteiger partial charge on any atom is -0.348 e. The molecule has 146 valence electrons. The minimum atomic E-state index is -3.77. The summed E-state index contributed by atoms with van der Waals surface area (Å²) in [7, 11) is -3.77. The van der Waals surface area contributed by atoms with Crippen LogP contribution in [-0.2, 0) is 16.6 Å². The number of sulfonamides is 1. The van der Waals surface area contributed by atoms with Gasteiger partial charge in [0.2, 0.25) is 10.0 Å². The fourth-order valence-corrected chi connectivity index (χ4v) is 3.55. The van der Waals surface area contributed by atoms with Crippen LogP contribution in [0.15, 0.2) is 71.6 Å². The Hall–Kier alpha value is -3.47. The smallest absolute Gasteiger partial charge is 0.251 e. The second kappa shape index (κ2) is 8.27. The Kier molecular flexibility index (Phi) is 5.78. The largest absolute Gasteiger partial charge is 0.348 e. The van der Waals surface area contributed by atoms with Crippen molar-refractivity contribution in [2.45, 2.75) is 18.4 Å². The monoisotopic (exact) mass is 405 g/mol. The van der Waals surface area contributed by atoms with Crippen molar-refractivity contribution in [3.8, 4) is 17.2 Å². The molecule has 3 rings (SSSR count). The lowest BCUT2D eigenvalue weighted by molar-refractivity contribution is 0.0951. The number of nitrogens with two attached hydrogens (primary N) is 1. The normalized spacial score (nSPS) is 10.9. The first-order chi connectivity index (χ1) is 13.8. The van der Waals surface area contributed by atoms with E-state index in [1.54, 1.807) is 55.5 Å². The number of nitriles is 1. The lowest BCUT2D eigenvalue weighted by Gasteiger charge is -2.10. The third-order valence-electron chi connectivity index (χ3n) is 4.50. The van der Waals surface area contributed by atoms with E-state index in [9.17, 15) is 13.2 Å². The molecule has 0 aromatic heterocycles. The molecule has 0 saturated heterocycles. The molecule has 3 aromatic rings. The highest BCUT2D eigenvalue weighted by Gasteiger charge is 2.12. The van der Waals surface area contributed by atoms with Gasteiger partial charge in [0.15, 0.2) is 0 Å². The Morgan fingerprint density at radius 1 is 1.07 bits per heavy atom. The molecule has 7 heteroatoms. The highest BCUT2D eigenvalue weighted by Crippen LogP contribution is 2.26. The zero-order chi connectivity index (χ0) is 21.0. The average Bonchev–Trinajstić information content (AvgIpc) is 2.71. The molecule has 0 atom stereocenters. The van der Waals surface area contributed by atoms with Gasteiger partial charge in [-0.1, -0.05) is 30.3 Å². The number of carbonyl (C=O) groups excluding carboxylic acids is 1. The van der Waals surface area contributed by atoms with Gasteiger partial charge >= 0.3 is 0 Å². The van der Waals surface area contributed by atoms with Crippen molar-refractivity contribution in [1.82, 2.24) is 5.32 Å². The van der Waals surface area contributed by atoms with Crippen LogP contribution in [-0.4, -0.2) is 14.3 Å². The van der Waals surface area contributed by atoms with E-state index in [-0.39, 0.29) is 10.8 Å². The standard InChI is InChI=1S/C22H19N3O3S/c1-15-11-20(29(24,27)28)9-10-21(15)18-3-2-4-19(12-18)22(26)25-14-17-7-5-16(13-23)6-8-17/h2-12H,14H2,1H3,(H,25,26)(H2,24,27,28). The Bertz CT molecular complexity index is 1210. The van der Waals surface area contributed by atoms with Crippen molar-refractivity contribution in [2.24, 2.45) is 5.14 Å². The third-order valence-corrected chi connectivity index (χ3v) is 5.41. The maximum absolute atomic E-state index is 12.5. The summed E-state index contributed by atoms with van der Waals surface area (Å²) in [5.41, 5.74) is 4.31. The van der Waals surface area contributed by atoms with E-state index in [4.69, 9.17) is 10.4 Å². The SMILES string of the molecule is Cc1cc(S(N)(=O)=O)ccc1-c1cccc(C(=O)NCc2ccc(C#N)cc2)c1. The molecule has 1 amide bonds. The molecule has 6 nitrogen and oxygen atoms in total. The summed E-state index contributed by atoms with van der Waals surface area (Å²) < 4.78 is 23.0. The first-order valence-corrected chi connectivity index (χ1v) is 10.3. The van der Waals surface area contributed by atoms with Gasteiger partial charge in [0.05, 0.1) is 16.5 Å². The summed E-state index contributed by atoms with van der Waals surface area (Å²) in [6.45, 7) is 2.14. The molecule has 0 saturated carbocycles. The summed E-state index contributed by atoms with van der Waals surface area (Å²) >= 11 is 0. The molecule has 3 N–H and O–H groups in total. The van der Waals surface area contributed by atoms with Crippen LogP contribution in [0, 0.1) is 18.3 Å². The molecule has 0 aliphatic carbocycles. The first-order valence-electron chi connectivity index (χ1n) is 8.79. The number of rotatable bonds is 5. The van der Waals surface area contributed by atoms with Crippen LogP contribution >= 0.6 is 0 Å². The van der Waals surface area contributed by atoms with Crippen LogP contribution in [0.4, 0.5) is 0 Å². The van der Waals surface area contributed by atoms with Gasteiger partial charge in [0.1, 0.15) is 0 Å². The van der Waals surface area contributed by atoms with Gasteiger partial charge in [-0.25, -0.2) is 13.6 Å². The van der Waals surface area contributed by atoms with Gasteiger partial charge in [-0.05, 0) is 65.6 Å². The predicted molar refractivity (Wildman–Crippen MR) is 110 cm³/mol. The molecule has 0 fully saturated rings. The third kappa shape index (κ3) is 4.88. The van der Waals surface area contributed by atoms with Crippen LogP contribution in [0.5, 0.6) is 0 Å². The minimum absolute atomic E-state index is 0.0510. The van der Waals surface area contributed by atoms with Gasteiger partial charge in [-0.15, -0.1) is 0 Å². The van der Waals surface area contributed by atoms with E-state index in [1.165, 1.54) is 12.1 Å². The number of primary sulfonamides is 1. The Labute approximate surface area is 169 Å². The Morgan fingerprint density at radius 2 is 1.79 bits per heavy atom. The zero-order valence-corrected chi connectivity index (χ0v) is 16.5. The van der Waals surface area contributed by atoms with Gasteiger partial charge in [0.25, 0.3) is 5.91 Å². The maximum Gasteiger partial charge on any atom is 0.251 e. The summed E-state index contributed by atoms with van der Waals surface area (Å²) in [4.78, 5) is 12.6. The number of carbonyl (C=O) groups is 1. The summed E-state index contributed by atoms with van der Waals surface area (Å²) in [5.74, 6) is -0.227. The van der Waals surface area contributed by atoms with E-state index in [0.29, 0.717) is 17.7 Å². The molecule has 0 bridgehead atoms. The number of hydrogen-bond acceptors (Lipinski definition) is 4. The molecule has 3 aromatic carbocycles. The molecule has 0 radical (unpaired) electrons. The predicted octanol–water partition coefficient (Wildman–Crippen LogP) is 3.11. The highest BCUT2D eigenvalue weighted by atomic mass is 32.2. The average molecular weight is 405 g/mol. The van der Waals surface area contributed by atoms with Gasteiger partial charge < -0.3 is 5.32 Å². The number of amides is 1. The molecule has 29 heavy (non-hydrogen) atoms. The lowest BCUT2D eigenvalue weighted by atomic mass is 9.99. The van der Waals surface area contributed by atoms with Crippen molar-refractivity contribution in [3.63, 3.8) is 0 Å². The zero-order valence-electron chi connectivity index (χ0n) is 15.7. The molecule has 0 unspecified atom stereocenters. The summed E-state index contributed by atoms with van der Waals surface area (Å²) in [6.07, 6.45) is 0. The van der Waals surface area contributed by atoms with Gasteiger partial charge in [-0.3, -0.25) is 4.79 Å².